The molecular formula is C25H25N3O2. The van der Waals surface area contributed by atoms with Crippen molar-refractivity contribution in [2.75, 3.05) is 11.9 Å². The van der Waals surface area contributed by atoms with E-state index in [1.165, 1.54) is 5.56 Å². The van der Waals surface area contributed by atoms with Crippen molar-refractivity contribution in [1.29, 1.82) is 0 Å². The molecule has 0 aromatic heterocycles. The van der Waals surface area contributed by atoms with Crippen molar-refractivity contribution >= 4 is 28.4 Å². The number of rotatable bonds is 4. The Morgan fingerprint density at radius 2 is 1.80 bits per heavy atom. The van der Waals surface area contributed by atoms with Gasteiger partial charge in [0.2, 0.25) is 5.91 Å². The van der Waals surface area contributed by atoms with Crippen LogP contribution in [-0.4, -0.2) is 23.4 Å². The Hall–Kier alpha value is -3.34. The quantitative estimate of drug-likeness (QED) is 0.681. The number of anilines is 1. The summed E-state index contributed by atoms with van der Waals surface area (Å²) in [5.74, 6) is 0.527. The van der Waals surface area contributed by atoms with Gasteiger partial charge in [0.15, 0.2) is 0 Å². The number of hydrogen-bond donors (Lipinski definition) is 2. The molecule has 3 aromatic rings. The largest absolute Gasteiger partial charge is 0.338 e. The lowest BCUT2D eigenvalue weighted by Gasteiger charge is -2.29. The van der Waals surface area contributed by atoms with Crippen molar-refractivity contribution in [1.82, 2.24) is 10.2 Å². The molecule has 0 atom stereocenters. The summed E-state index contributed by atoms with van der Waals surface area (Å²) < 4.78 is 0. The Balaban J connectivity index is 1.23. The van der Waals surface area contributed by atoms with Gasteiger partial charge in [-0.15, -0.1) is 0 Å². The van der Waals surface area contributed by atoms with Crippen LogP contribution < -0.4 is 10.6 Å². The number of fused-ring (bicyclic) bond motifs is 2. The van der Waals surface area contributed by atoms with Gasteiger partial charge < -0.3 is 15.5 Å². The molecule has 5 nitrogen and oxygen atoms in total. The van der Waals surface area contributed by atoms with Crippen molar-refractivity contribution in [2.24, 2.45) is 5.92 Å². The molecule has 0 saturated heterocycles. The van der Waals surface area contributed by atoms with Crippen LogP contribution in [0.2, 0.25) is 0 Å². The fourth-order valence-corrected chi connectivity index (χ4v) is 4.21. The van der Waals surface area contributed by atoms with Crippen LogP contribution in [-0.2, 0) is 24.3 Å². The maximum atomic E-state index is 12.5. The third kappa shape index (κ3) is 3.88. The topological polar surface area (TPSA) is 61.4 Å². The second-order valence-electron chi connectivity index (χ2n) is 8.21. The van der Waals surface area contributed by atoms with Crippen LogP contribution in [0.15, 0.2) is 60.7 Å². The first-order valence-electron chi connectivity index (χ1n) is 10.6. The lowest BCUT2D eigenvalue weighted by molar-refractivity contribution is -0.133. The molecule has 1 heterocycles. The van der Waals surface area contributed by atoms with Gasteiger partial charge in [-0.25, -0.2) is 4.79 Å². The summed E-state index contributed by atoms with van der Waals surface area (Å²) >= 11 is 0. The van der Waals surface area contributed by atoms with Gasteiger partial charge in [-0.1, -0.05) is 48.5 Å². The maximum absolute atomic E-state index is 12.5. The van der Waals surface area contributed by atoms with Crippen molar-refractivity contribution in [2.45, 2.75) is 32.4 Å². The minimum atomic E-state index is -0.232. The number of benzene rings is 3. The summed E-state index contributed by atoms with van der Waals surface area (Å²) in [6.07, 6.45) is 2.93. The fourth-order valence-electron chi connectivity index (χ4n) is 4.21. The van der Waals surface area contributed by atoms with Crippen molar-refractivity contribution < 1.29 is 9.59 Å². The highest BCUT2D eigenvalue weighted by Gasteiger charge is 2.34. The Morgan fingerprint density at radius 3 is 2.67 bits per heavy atom. The standard InChI is InChI=1S/C25H25N3O2/c29-24(19-8-9-19)28-13-12-17-10-11-22(14-21(17)16-28)27-25(30)26-15-20-6-3-5-18-4-1-2-7-23(18)20/h1-7,10-11,14,19H,8-9,12-13,15-16H2,(H2,26,27,30). The van der Waals surface area contributed by atoms with E-state index in [-0.39, 0.29) is 17.9 Å². The number of amides is 3. The molecule has 1 aliphatic heterocycles. The zero-order valence-electron chi connectivity index (χ0n) is 16.9. The van der Waals surface area contributed by atoms with E-state index >= 15 is 0 Å². The van der Waals surface area contributed by atoms with Crippen molar-refractivity contribution in [3.8, 4) is 0 Å². The molecule has 0 bridgehead atoms. The van der Waals surface area contributed by atoms with Gasteiger partial charge in [-0.05, 0) is 58.9 Å². The molecule has 3 aromatic carbocycles. The summed E-state index contributed by atoms with van der Waals surface area (Å²) in [4.78, 5) is 26.8. The van der Waals surface area contributed by atoms with E-state index in [1.54, 1.807) is 0 Å². The predicted molar refractivity (Wildman–Crippen MR) is 118 cm³/mol. The Labute approximate surface area is 176 Å². The van der Waals surface area contributed by atoms with E-state index in [0.29, 0.717) is 13.1 Å². The summed E-state index contributed by atoms with van der Waals surface area (Å²) in [6, 6.07) is 20.1. The molecule has 1 aliphatic carbocycles. The highest BCUT2D eigenvalue weighted by molar-refractivity contribution is 5.90. The predicted octanol–water partition coefficient (Wildman–Crippen LogP) is 4.46. The van der Waals surface area contributed by atoms with Gasteiger partial charge in [0.05, 0.1) is 0 Å². The molecule has 0 radical (unpaired) electrons. The van der Waals surface area contributed by atoms with E-state index in [4.69, 9.17) is 0 Å². The summed E-state index contributed by atoms with van der Waals surface area (Å²) in [6.45, 7) is 1.89. The van der Waals surface area contributed by atoms with Gasteiger partial charge in [0.25, 0.3) is 0 Å². The monoisotopic (exact) mass is 399 g/mol. The molecule has 30 heavy (non-hydrogen) atoms. The van der Waals surface area contributed by atoms with Crippen LogP contribution in [0, 0.1) is 5.92 Å². The molecule has 2 N–H and O–H groups in total. The number of carbonyl (C=O) groups excluding carboxylic acids is 2. The average Bonchev–Trinajstić information content (AvgIpc) is 3.62. The molecule has 1 saturated carbocycles. The SMILES string of the molecule is O=C(NCc1cccc2ccccc12)Nc1ccc2c(c1)CN(C(=O)C1CC1)CC2. The molecular weight excluding hydrogens is 374 g/mol. The van der Waals surface area contributed by atoms with Crippen LogP contribution in [0.25, 0.3) is 10.8 Å². The second-order valence-corrected chi connectivity index (χ2v) is 8.21. The number of urea groups is 1. The van der Waals surface area contributed by atoms with E-state index in [9.17, 15) is 9.59 Å². The van der Waals surface area contributed by atoms with Gasteiger partial charge in [-0.3, -0.25) is 4.79 Å². The fraction of sp³-hybridized carbons (Fsp3) is 0.280. The first-order chi connectivity index (χ1) is 14.7. The van der Waals surface area contributed by atoms with Gasteiger partial charge in [0.1, 0.15) is 0 Å². The molecule has 0 spiro atoms. The Kier molecular flexibility index (Phi) is 4.87. The molecule has 3 amide bonds. The zero-order valence-corrected chi connectivity index (χ0v) is 16.9. The third-order valence-electron chi connectivity index (χ3n) is 6.03. The summed E-state index contributed by atoms with van der Waals surface area (Å²) in [7, 11) is 0. The Morgan fingerprint density at radius 1 is 0.967 bits per heavy atom. The van der Waals surface area contributed by atoms with E-state index in [0.717, 1.165) is 53.4 Å². The van der Waals surface area contributed by atoms with Crippen molar-refractivity contribution in [3.63, 3.8) is 0 Å². The first-order valence-corrected chi connectivity index (χ1v) is 10.6. The first kappa shape index (κ1) is 18.7. The maximum Gasteiger partial charge on any atom is 0.319 e. The summed E-state index contributed by atoms with van der Waals surface area (Å²) in [5.41, 5.74) is 4.23. The van der Waals surface area contributed by atoms with Gasteiger partial charge in [-0.2, -0.15) is 0 Å². The lowest BCUT2D eigenvalue weighted by atomic mass is 9.98. The number of nitrogens with one attached hydrogen (secondary N) is 2. The average molecular weight is 399 g/mol. The van der Waals surface area contributed by atoms with Gasteiger partial charge >= 0.3 is 6.03 Å². The molecule has 0 unspecified atom stereocenters. The molecule has 1 fully saturated rings. The number of hydrogen-bond acceptors (Lipinski definition) is 2. The summed E-state index contributed by atoms with van der Waals surface area (Å²) in [5, 5.41) is 8.20. The number of nitrogens with zero attached hydrogens (tertiary/aromatic N) is 1. The molecule has 5 heteroatoms. The highest BCUT2D eigenvalue weighted by atomic mass is 16.2. The number of carbonyl (C=O) groups is 2. The lowest BCUT2D eigenvalue weighted by Crippen LogP contribution is -2.37. The van der Waals surface area contributed by atoms with E-state index in [2.05, 4.69) is 34.9 Å². The van der Waals surface area contributed by atoms with E-state index in [1.807, 2.05) is 41.3 Å². The third-order valence-corrected chi connectivity index (χ3v) is 6.03. The Bertz CT molecular complexity index is 1120. The van der Waals surface area contributed by atoms with Crippen LogP contribution in [0.5, 0.6) is 0 Å². The van der Waals surface area contributed by atoms with Crippen LogP contribution in [0.3, 0.4) is 0 Å². The normalized spacial score (nSPS) is 15.5. The van der Waals surface area contributed by atoms with Crippen LogP contribution >= 0.6 is 0 Å². The smallest absolute Gasteiger partial charge is 0.319 e. The van der Waals surface area contributed by atoms with Crippen LogP contribution in [0.4, 0.5) is 10.5 Å². The zero-order chi connectivity index (χ0) is 20.5. The molecule has 5 rings (SSSR count). The minimum absolute atomic E-state index is 0.232. The van der Waals surface area contributed by atoms with Crippen molar-refractivity contribution in [3.05, 3.63) is 77.4 Å². The van der Waals surface area contributed by atoms with Crippen LogP contribution in [0.1, 0.15) is 29.5 Å². The highest BCUT2D eigenvalue weighted by Crippen LogP contribution is 2.33. The molecule has 2 aliphatic rings. The van der Waals surface area contributed by atoms with Gasteiger partial charge in [0, 0.05) is 31.2 Å². The second kappa shape index (κ2) is 7.82. The molecule has 152 valence electrons. The minimum Gasteiger partial charge on any atom is -0.338 e. The van der Waals surface area contributed by atoms with E-state index < -0.39 is 0 Å².